The summed E-state index contributed by atoms with van der Waals surface area (Å²) < 4.78 is 41.2. The number of fused-ring (bicyclic) bond motifs is 1. The van der Waals surface area contributed by atoms with Gasteiger partial charge < -0.3 is 14.4 Å². The zero-order valence-electron chi connectivity index (χ0n) is 17.3. The molecule has 0 radical (unpaired) electrons. The Morgan fingerprint density at radius 2 is 1.78 bits per heavy atom. The molecule has 1 aliphatic rings. The number of carbonyl (C=O) groups excluding carboxylic acids is 1. The first-order valence-electron chi connectivity index (χ1n) is 10.2. The van der Waals surface area contributed by atoms with E-state index in [0.717, 1.165) is 17.8 Å². The smallest absolute Gasteiger partial charge is 0.368 e. The van der Waals surface area contributed by atoms with Gasteiger partial charge in [-0.25, -0.2) is 0 Å². The molecule has 0 unspecified atom stereocenters. The van der Waals surface area contributed by atoms with Crippen LogP contribution >= 0.6 is 11.6 Å². The van der Waals surface area contributed by atoms with Crippen LogP contribution < -0.4 is 10.3 Å². The number of halogens is 4. The SMILES string of the molecule is CCn1cc(C(=O)N2CCN(c3cccc(Cl)c3)CC2)c(=O)c2cc(C(F)(F)F)ccc21. The fourth-order valence-corrected chi connectivity index (χ4v) is 4.18. The third-order valence-electron chi connectivity index (χ3n) is 5.72. The molecule has 1 saturated heterocycles. The Kier molecular flexibility index (Phi) is 5.90. The molecule has 5 nitrogen and oxygen atoms in total. The average Bonchev–Trinajstić information content (AvgIpc) is 2.78. The first-order valence-corrected chi connectivity index (χ1v) is 10.6. The van der Waals surface area contributed by atoms with E-state index in [9.17, 15) is 22.8 Å². The van der Waals surface area contributed by atoms with Crippen molar-refractivity contribution in [3.8, 4) is 0 Å². The number of anilines is 1. The summed E-state index contributed by atoms with van der Waals surface area (Å²) in [5.74, 6) is -0.470. The molecule has 1 aromatic heterocycles. The number of hydrogen-bond donors (Lipinski definition) is 0. The van der Waals surface area contributed by atoms with Crippen molar-refractivity contribution < 1.29 is 18.0 Å². The minimum atomic E-state index is -4.58. The lowest BCUT2D eigenvalue weighted by Gasteiger charge is -2.36. The first-order chi connectivity index (χ1) is 15.2. The zero-order chi connectivity index (χ0) is 23.0. The number of alkyl halides is 3. The summed E-state index contributed by atoms with van der Waals surface area (Å²) in [6, 6.07) is 10.5. The Bertz CT molecular complexity index is 1230. The molecule has 1 amide bonds. The lowest BCUT2D eigenvalue weighted by molar-refractivity contribution is -0.137. The van der Waals surface area contributed by atoms with Crippen LogP contribution in [0.2, 0.25) is 5.02 Å². The molecule has 0 spiro atoms. The maximum atomic E-state index is 13.2. The molecule has 4 rings (SSSR count). The highest BCUT2D eigenvalue weighted by molar-refractivity contribution is 6.30. The van der Waals surface area contributed by atoms with Crippen molar-refractivity contribution in [1.29, 1.82) is 0 Å². The van der Waals surface area contributed by atoms with Crippen molar-refractivity contribution in [2.75, 3.05) is 31.1 Å². The van der Waals surface area contributed by atoms with E-state index in [4.69, 9.17) is 11.6 Å². The van der Waals surface area contributed by atoms with Crippen LogP contribution in [0.1, 0.15) is 22.8 Å². The van der Waals surface area contributed by atoms with E-state index in [1.165, 1.54) is 12.3 Å². The van der Waals surface area contributed by atoms with E-state index in [2.05, 4.69) is 4.90 Å². The van der Waals surface area contributed by atoms with E-state index < -0.39 is 23.1 Å². The number of piperazine rings is 1. The molecular formula is C23H21ClF3N3O2. The van der Waals surface area contributed by atoms with Crippen LogP contribution in [0.25, 0.3) is 10.9 Å². The molecule has 2 heterocycles. The molecule has 168 valence electrons. The number of aryl methyl sites for hydroxylation is 1. The van der Waals surface area contributed by atoms with Crippen LogP contribution in [-0.2, 0) is 12.7 Å². The van der Waals surface area contributed by atoms with Gasteiger partial charge in [0, 0.05) is 55.0 Å². The van der Waals surface area contributed by atoms with Gasteiger partial charge in [-0.15, -0.1) is 0 Å². The van der Waals surface area contributed by atoms with Crippen molar-refractivity contribution in [2.24, 2.45) is 0 Å². The van der Waals surface area contributed by atoms with E-state index in [-0.39, 0.29) is 10.9 Å². The molecule has 0 atom stereocenters. The third-order valence-corrected chi connectivity index (χ3v) is 5.95. The first kappa shape index (κ1) is 22.2. The molecule has 0 N–H and O–H groups in total. The Morgan fingerprint density at radius 1 is 1.06 bits per heavy atom. The van der Waals surface area contributed by atoms with Gasteiger partial charge in [0.15, 0.2) is 0 Å². The molecule has 9 heteroatoms. The third kappa shape index (κ3) is 4.19. The fraction of sp³-hybridized carbons (Fsp3) is 0.304. The van der Waals surface area contributed by atoms with Gasteiger partial charge in [0.05, 0.1) is 11.1 Å². The Balaban J connectivity index is 1.64. The molecule has 1 aliphatic heterocycles. The van der Waals surface area contributed by atoms with Gasteiger partial charge >= 0.3 is 6.18 Å². The van der Waals surface area contributed by atoms with E-state index in [1.807, 2.05) is 18.2 Å². The van der Waals surface area contributed by atoms with Crippen LogP contribution in [0, 0.1) is 0 Å². The van der Waals surface area contributed by atoms with Gasteiger partial charge in [0.1, 0.15) is 5.56 Å². The number of benzene rings is 2. The number of nitrogens with zero attached hydrogens (tertiary/aromatic N) is 3. The number of aromatic nitrogens is 1. The highest BCUT2D eigenvalue weighted by atomic mass is 35.5. The Morgan fingerprint density at radius 3 is 2.41 bits per heavy atom. The fourth-order valence-electron chi connectivity index (χ4n) is 4.00. The van der Waals surface area contributed by atoms with Gasteiger partial charge in [-0.2, -0.15) is 13.2 Å². The normalized spacial score (nSPS) is 14.8. The minimum Gasteiger partial charge on any atom is -0.368 e. The maximum Gasteiger partial charge on any atom is 0.416 e. The summed E-state index contributed by atoms with van der Waals surface area (Å²) in [6.45, 7) is 4.10. The Labute approximate surface area is 187 Å². The number of rotatable bonds is 3. The van der Waals surface area contributed by atoms with Crippen LogP contribution in [0.15, 0.2) is 53.5 Å². The molecule has 2 aromatic carbocycles. The molecular weight excluding hydrogens is 443 g/mol. The quantitative estimate of drug-likeness (QED) is 0.567. The summed E-state index contributed by atoms with van der Waals surface area (Å²) in [5, 5.41) is 0.514. The van der Waals surface area contributed by atoms with Crippen molar-refractivity contribution in [2.45, 2.75) is 19.6 Å². The summed E-state index contributed by atoms with van der Waals surface area (Å²) >= 11 is 6.06. The predicted molar refractivity (Wildman–Crippen MR) is 118 cm³/mol. The van der Waals surface area contributed by atoms with Gasteiger partial charge in [-0.05, 0) is 43.3 Å². The van der Waals surface area contributed by atoms with Crippen LogP contribution in [0.5, 0.6) is 0 Å². The predicted octanol–water partition coefficient (Wildman–Crippen LogP) is 4.66. The monoisotopic (exact) mass is 463 g/mol. The number of pyridine rings is 1. The van der Waals surface area contributed by atoms with Crippen molar-refractivity contribution in [1.82, 2.24) is 9.47 Å². The number of amides is 1. The second-order valence-corrected chi connectivity index (χ2v) is 8.08. The summed E-state index contributed by atoms with van der Waals surface area (Å²) in [4.78, 5) is 29.9. The molecule has 0 bridgehead atoms. The molecule has 0 aliphatic carbocycles. The van der Waals surface area contributed by atoms with E-state index in [1.54, 1.807) is 22.5 Å². The number of hydrogen-bond acceptors (Lipinski definition) is 3. The summed E-state index contributed by atoms with van der Waals surface area (Å²) in [7, 11) is 0. The van der Waals surface area contributed by atoms with E-state index in [0.29, 0.717) is 43.3 Å². The molecule has 0 saturated carbocycles. The van der Waals surface area contributed by atoms with E-state index >= 15 is 0 Å². The molecule has 32 heavy (non-hydrogen) atoms. The lowest BCUT2D eigenvalue weighted by atomic mass is 10.1. The van der Waals surface area contributed by atoms with Crippen LogP contribution in [0.4, 0.5) is 18.9 Å². The van der Waals surface area contributed by atoms with Crippen LogP contribution in [-0.4, -0.2) is 41.6 Å². The zero-order valence-corrected chi connectivity index (χ0v) is 18.1. The largest absolute Gasteiger partial charge is 0.416 e. The van der Waals surface area contributed by atoms with Crippen molar-refractivity contribution in [3.05, 3.63) is 75.0 Å². The molecule has 3 aromatic rings. The number of carbonyl (C=O) groups is 1. The standard InChI is InChI=1S/C23H21ClF3N3O2/c1-2-28-14-19(21(31)18-12-15(23(25,26)27)6-7-20(18)28)22(32)30-10-8-29(9-11-30)17-5-3-4-16(24)13-17/h3-7,12-14H,2,8-11H2,1H3. The van der Waals surface area contributed by atoms with Gasteiger partial charge in [0.25, 0.3) is 5.91 Å². The van der Waals surface area contributed by atoms with Crippen molar-refractivity contribution in [3.63, 3.8) is 0 Å². The maximum absolute atomic E-state index is 13.2. The second kappa shape index (κ2) is 8.50. The topological polar surface area (TPSA) is 45.6 Å². The summed E-state index contributed by atoms with van der Waals surface area (Å²) in [5.41, 5.74) is -0.395. The van der Waals surface area contributed by atoms with Gasteiger partial charge in [-0.3, -0.25) is 9.59 Å². The molecule has 1 fully saturated rings. The van der Waals surface area contributed by atoms with Crippen LogP contribution in [0.3, 0.4) is 0 Å². The summed E-state index contributed by atoms with van der Waals surface area (Å²) in [6.07, 6.45) is -3.13. The highest BCUT2D eigenvalue weighted by Crippen LogP contribution is 2.31. The highest BCUT2D eigenvalue weighted by Gasteiger charge is 2.31. The van der Waals surface area contributed by atoms with Gasteiger partial charge in [0.2, 0.25) is 5.43 Å². The average molecular weight is 464 g/mol. The minimum absolute atomic E-state index is 0.106. The second-order valence-electron chi connectivity index (χ2n) is 7.65. The Hall–Kier alpha value is -3.00. The lowest BCUT2D eigenvalue weighted by Crippen LogP contribution is -2.49. The van der Waals surface area contributed by atoms with Crippen molar-refractivity contribution >= 4 is 34.1 Å². The van der Waals surface area contributed by atoms with Gasteiger partial charge in [-0.1, -0.05) is 17.7 Å².